The van der Waals surface area contributed by atoms with E-state index in [9.17, 15) is 9.18 Å². The van der Waals surface area contributed by atoms with E-state index in [0.717, 1.165) is 15.2 Å². The van der Waals surface area contributed by atoms with Gasteiger partial charge in [0.2, 0.25) is 5.91 Å². The quantitative estimate of drug-likeness (QED) is 0.428. The van der Waals surface area contributed by atoms with E-state index in [2.05, 4.69) is 20.3 Å². The molecule has 3 aromatic heterocycles. The van der Waals surface area contributed by atoms with Crippen LogP contribution in [0.1, 0.15) is 0 Å². The van der Waals surface area contributed by atoms with Crippen molar-refractivity contribution in [2.75, 3.05) is 11.1 Å². The van der Waals surface area contributed by atoms with Crippen molar-refractivity contribution >= 4 is 65.9 Å². The summed E-state index contributed by atoms with van der Waals surface area (Å²) in [6.45, 7) is 0. The number of benzene rings is 1. The maximum atomic E-state index is 13.2. The lowest BCUT2D eigenvalue weighted by Gasteiger charge is -2.02. The first kappa shape index (κ1) is 15.4. The topological polar surface area (TPSA) is 67.8 Å². The zero-order chi connectivity index (χ0) is 16.5. The number of thiophene rings is 1. The molecule has 3 heterocycles. The summed E-state index contributed by atoms with van der Waals surface area (Å²) in [4.78, 5) is 25.7. The summed E-state index contributed by atoms with van der Waals surface area (Å²) in [6.07, 6.45) is 1.50. The van der Waals surface area contributed by atoms with Crippen LogP contribution >= 0.6 is 34.4 Å². The first-order valence-electron chi connectivity index (χ1n) is 6.86. The highest BCUT2D eigenvalue weighted by Crippen LogP contribution is 2.29. The number of hydrogen-bond acceptors (Lipinski definition) is 7. The molecule has 5 nitrogen and oxygen atoms in total. The van der Waals surface area contributed by atoms with Crippen molar-refractivity contribution in [3.05, 3.63) is 41.8 Å². The van der Waals surface area contributed by atoms with Crippen LogP contribution in [0.2, 0.25) is 0 Å². The van der Waals surface area contributed by atoms with Crippen molar-refractivity contribution in [1.29, 1.82) is 0 Å². The fourth-order valence-electron chi connectivity index (χ4n) is 2.12. The minimum absolute atomic E-state index is 0.179. The molecule has 0 fully saturated rings. The summed E-state index contributed by atoms with van der Waals surface area (Å²) in [5, 5.41) is 6.89. The van der Waals surface area contributed by atoms with Crippen LogP contribution in [-0.2, 0) is 4.79 Å². The number of rotatable bonds is 4. The monoisotopic (exact) mass is 376 g/mol. The summed E-state index contributed by atoms with van der Waals surface area (Å²) >= 11 is 4.14. The second-order valence-electron chi connectivity index (χ2n) is 4.79. The number of halogens is 1. The maximum Gasteiger partial charge on any atom is 0.236 e. The predicted octanol–water partition coefficient (Wildman–Crippen LogP) is 4.17. The number of nitrogens with one attached hydrogen (secondary N) is 1. The number of anilines is 1. The first-order valence-corrected chi connectivity index (χ1v) is 9.54. The molecule has 1 amide bonds. The summed E-state index contributed by atoms with van der Waals surface area (Å²) in [6, 6.07) is 6.30. The summed E-state index contributed by atoms with van der Waals surface area (Å²) < 4.78 is 13.9. The van der Waals surface area contributed by atoms with Crippen LogP contribution in [0.3, 0.4) is 0 Å². The SMILES string of the molecule is O=C(CSc1ncnc2sccc12)Nc1nc2ccc(F)cc2s1. The Morgan fingerprint density at radius 3 is 3.12 bits per heavy atom. The Kier molecular flexibility index (Phi) is 4.13. The molecule has 0 aliphatic carbocycles. The van der Waals surface area contributed by atoms with Gasteiger partial charge in [0.05, 0.1) is 16.0 Å². The third kappa shape index (κ3) is 3.10. The second kappa shape index (κ2) is 6.42. The van der Waals surface area contributed by atoms with Gasteiger partial charge in [-0.05, 0) is 29.6 Å². The van der Waals surface area contributed by atoms with Gasteiger partial charge in [0.1, 0.15) is 22.0 Å². The lowest BCUT2D eigenvalue weighted by atomic mass is 10.3. The summed E-state index contributed by atoms with van der Waals surface area (Å²) in [5.41, 5.74) is 0.667. The fourth-order valence-corrected chi connectivity index (χ4v) is 4.61. The molecule has 0 saturated carbocycles. The molecular formula is C15H9FN4OS3. The van der Waals surface area contributed by atoms with Gasteiger partial charge in [-0.15, -0.1) is 11.3 Å². The Morgan fingerprint density at radius 2 is 2.21 bits per heavy atom. The third-order valence-corrected chi connectivity index (χ3v) is 5.92. The number of amides is 1. The number of carbonyl (C=O) groups excluding carboxylic acids is 1. The molecule has 9 heteroatoms. The molecule has 1 aromatic carbocycles. The van der Waals surface area contributed by atoms with Crippen molar-refractivity contribution in [3.8, 4) is 0 Å². The molecule has 4 aromatic rings. The average Bonchev–Trinajstić information content (AvgIpc) is 3.18. The van der Waals surface area contributed by atoms with E-state index in [1.807, 2.05) is 11.4 Å². The van der Waals surface area contributed by atoms with Crippen molar-refractivity contribution in [3.63, 3.8) is 0 Å². The number of thioether (sulfide) groups is 1. The molecule has 1 N–H and O–H groups in total. The molecule has 0 atom stereocenters. The van der Waals surface area contributed by atoms with Gasteiger partial charge in [-0.3, -0.25) is 4.79 Å². The average molecular weight is 376 g/mol. The Bertz CT molecular complexity index is 1050. The Morgan fingerprint density at radius 1 is 1.29 bits per heavy atom. The minimum atomic E-state index is -0.317. The zero-order valence-electron chi connectivity index (χ0n) is 12.0. The van der Waals surface area contributed by atoms with Gasteiger partial charge in [-0.25, -0.2) is 19.3 Å². The molecule has 0 unspecified atom stereocenters. The van der Waals surface area contributed by atoms with Gasteiger partial charge in [-0.2, -0.15) is 0 Å². The van der Waals surface area contributed by atoms with Crippen molar-refractivity contribution in [2.45, 2.75) is 5.03 Å². The molecule has 0 radical (unpaired) electrons. The van der Waals surface area contributed by atoms with Crippen LogP contribution in [0, 0.1) is 5.82 Å². The Balaban J connectivity index is 1.45. The number of thiazole rings is 1. The summed E-state index contributed by atoms with van der Waals surface area (Å²) in [5.74, 6) is -0.281. The molecule has 0 bridgehead atoms. The van der Waals surface area contributed by atoms with Crippen LogP contribution in [0.5, 0.6) is 0 Å². The predicted molar refractivity (Wildman–Crippen MR) is 96.3 cm³/mol. The van der Waals surface area contributed by atoms with E-state index in [-0.39, 0.29) is 17.5 Å². The van der Waals surface area contributed by atoms with Gasteiger partial charge in [-0.1, -0.05) is 23.1 Å². The van der Waals surface area contributed by atoms with Crippen LogP contribution in [0.25, 0.3) is 20.4 Å². The van der Waals surface area contributed by atoms with Gasteiger partial charge < -0.3 is 5.32 Å². The second-order valence-corrected chi connectivity index (χ2v) is 7.68. The summed E-state index contributed by atoms with van der Waals surface area (Å²) in [7, 11) is 0. The normalized spacial score (nSPS) is 11.2. The van der Waals surface area contributed by atoms with Crippen LogP contribution in [0.15, 0.2) is 41.0 Å². The van der Waals surface area contributed by atoms with E-state index >= 15 is 0 Å². The van der Waals surface area contributed by atoms with Crippen molar-refractivity contribution in [2.24, 2.45) is 0 Å². The molecule has 24 heavy (non-hydrogen) atoms. The van der Waals surface area contributed by atoms with Crippen molar-refractivity contribution in [1.82, 2.24) is 15.0 Å². The van der Waals surface area contributed by atoms with Crippen LogP contribution in [0.4, 0.5) is 9.52 Å². The third-order valence-electron chi connectivity index (χ3n) is 3.16. The zero-order valence-corrected chi connectivity index (χ0v) is 14.5. The largest absolute Gasteiger partial charge is 0.301 e. The molecule has 0 aliphatic rings. The smallest absolute Gasteiger partial charge is 0.236 e. The lowest BCUT2D eigenvalue weighted by molar-refractivity contribution is -0.113. The molecule has 120 valence electrons. The van der Waals surface area contributed by atoms with Gasteiger partial charge in [0.25, 0.3) is 0 Å². The number of aromatic nitrogens is 3. The molecule has 0 spiro atoms. The fraction of sp³-hybridized carbons (Fsp3) is 0.0667. The number of nitrogens with zero attached hydrogens (tertiary/aromatic N) is 3. The van der Waals surface area contributed by atoms with Crippen molar-refractivity contribution < 1.29 is 9.18 Å². The maximum absolute atomic E-state index is 13.2. The highest BCUT2D eigenvalue weighted by atomic mass is 32.2. The molecular weight excluding hydrogens is 367 g/mol. The van der Waals surface area contributed by atoms with Gasteiger partial charge >= 0.3 is 0 Å². The number of hydrogen-bond donors (Lipinski definition) is 1. The van der Waals surface area contributed by atoms with Crippen LogP contribution < -0.4 is 5.32 Å². The first-order chi connectivity index (χ1) is 11.7. The van der Waals surface area contributed by atoms with E-state index in [4.69, 9.17) is 0 Å². The van der Waals surface area contributed by atoms with Crippen LogP contribution in [-0.4, -0.2) is 26.6 Å². The van der Waals surface area contributed by atoms with E-state index in [1.165, 1.54) is 52.9 Å². The molecule has 0 saturated heterocycles. The number of fused-ring (bicyclic) bond motifs is 2. The molecule has 0 aliphatic heterocycles. The van der Waals surface area contributed by atoms with Gasteiger partial charge in [0.15, 0.2) is 5.13 Å². The molecule has 4 rings (SSSR count). The lowest BCUT2D eigenvalue weighted by Crippen LogP contribution is -2.13. The van der Waals surface area contributed by atoms with E-state index in [1.54, 1.807) is 6.07 Å². The Labute approximate surface area is 148 Å². The highest BCUT2D eigenvalue weighted by Gasteiger charge is 2.11. The minimum Gasteiger partial charge on any atom is -0.301 e. The standard InChI is InChI=1S/C15H9FN4OS3/c16-8-1-2-10-11(5-8)24-15(19-10)20-12(21)6-23-14-9-3-4-22-13(9)17-7-18-14/h1-5,7H,6H2,(H,19,20,21). The van der Waals surface area contributed by atoms with Gasteiger partial charge in [0, 0.05) is 5.39 Å². The number of carbonyl (C=O) groups is 1. The van der Waals surface area contributed by atoms with E-state index in [0.29, 0.717) is 15.3 Å². The Hall–Kier alpha value is -2.10. The highest BCUT2D eigenvalue weighted by molar-refractivity contribution is 8.00. The van der Waals surface area contributed by atoms with E-state index < -0.39 is 0 Å².